The summed E-state index contributed by atoms with van der Waals surface area (Å²) in [4.78, 5) is 25.3. The molecule has 2 aromatic rings. The lowest BCUT2D eigenvalue weighted by molar-refractivity contribution is 0.0979. The molecule has 0 aromatic carbocycles. The van der Waals surface area contributed by atoms with Crippen LogP contribution in [0.4, 0.5) is 10.6 Å². The predicted octanol–water partition coefficient (Wildman–Crippen LogP) is 5.24. The fraction of sp³-hybridized carbons (Fsp3) is 0.714. The SMILES string of the molecule is COCC1CCC(n2cc(C(=O)Nc3cc(C4CCC(OC(=O)NC(C)C)C4)nn3C(C)(C)C)cn2)CC1. The minimum Gasteiger partial charge on any atom is -0.446 e. The number of hydrogen-bond donors (Lipinski definition) is 2. The van der Waals surface area contributed by atoms with Gasteiger partial charge in [0.25, 0.3) is 5.91 Å². The lowest BCUT2D eigenvalue weighted by Gasteiger charge is -2.28. The summed E-state index contributed by atoms with van der Waals surface area (Å²) in [5, 5.41) is 15.3. The van der Waals surface area contributed by atoms with E-state index in [0.29, 0.717) is 23.3 Å². The van der Waals surface area contributed by atoms with E-state index in [1.54, 1.807) is 13.3 Å². The number of ether oxygens (including phenoxy) is 2. The van der Waals surface area contributed by atoms with Crippen molar-refractivity contribution in [1.82, 2.24) is 24.9 Å². The van der Waals surface area contributed by atoms with E-state index < -0.39 is 0 Å². The Morgan fingerprint density at radius 1 is 1.13 bits per heavy atom. The average Bonchev–Trinajstić information content (AvgIpc) is 3.58. The fourth-order valence-corrected chi connectivity index (χ4v) is 5.59. The lowest BCUT2D eigenvalue weighted by Crippen LogP contribution is -2.33. The Labute approximate surface area is 225 Å². The van der Waals surface area contributed by atoms with Crippen LogP contribution in [-0.4, -0.2) is 57.4 Å². The van der Waals surface area contributed by atoms with Crippen molar-refractivity contribution in [1.29, 1.82) is 0 Å². The molecule has 10 heteroatoms. The Balaban J connectivity index is 1.41. The van der Waals surface area contributed by atoms with Crippen molar-refractivity contribution in [2.75, 3.05) is 19.0 Å². The van der Waals surface area contributed by atoms with Gasteiger partial charge in [-0.25, -0.2) is 9.48 Å². The van der Waals surface area contributed by atoms with E-state index in [0.717, 1.165) is 57.2 Å². The van der Waals surface area contributed by atoms with Crippen LogP contribution in [0, 0.1) is 5.92 Å². The Hall–Kier alpha value is -2.88. The normalized spacial score (nSPS) is 24.0. The number of nitrogens with zero attached hydrogens (tertiary/aromatic N) is 4. The maximum atomic E-state index is 13.2. The Kier molecular flexibility index (Phi) is 8.80. The summed E-state index contributed by atoms with van der Waals surface area (Å²) in [6, 6.07) is 2.32. The smallest absolute Gasteiger partial charge is 0.407 e. The quantitative estimate of drug-likeness (QED) is 0.485. The first-order valence-electron chi connectivity index (χ1n) is 14.0. The van der Waals surface area contributed by atoms with Crippen molar-refractivity contribution in [3.63, 3.8) is 0 Å². The summed E-state index contributed by atoms with van der Waals surface area (Å²) in [6.07, 6.45) is 9.72. The first-order chi connectivity index (χ1) is 18.0. The van der Waals surface area contributed by atoms with Gasteiger partial charge in [-0.2, -0.15) is 10.2 Å². The molecule has 0 radical (unpaired) electrons. The highest BCUT2D eigenvalue weighted by atomic mass is 16.6. The largest absolute Gasteiger partial charge is 0.446 e. The van der Waals surface area contributed by atoms with Crippen LogP contribution in [0.25, 0.3) is 0 Å². The van der Waals surface area contributed by atoms with E-state index in [9.17, 15) is 9.59 Å². The molecule has 2 aliphatic rings. The lowest BCUT2D eigenvalue weighted by atomic mass is 9.86. The minimum absolute atomic E-state index is 0.0383. The van der Waals surface area contributed by atoms with E-state index in [-0.39, 0.29) is 35.6 Å². The molecule has 38 heavy (non-hydrogen) atoms. The molecule has 10 nitrogen and oxygen atoms in total. The molecule has 4 rings (SSSR count). The number of nitrogens with one attached hydrogen (secondary N) is 2. The van der Waals surface area contributed by atoms with Gasteiger partial charge < -0.3 is 20.1 Å². The number of hydrogen-bond acceptors (Lipinski definition) is 6. The standard InChI is InChI=1S/C28H44N6O4/c1-18(2)30-27(36)38-23-12-9-20(13-23)24-14-25(34(32-24)28(3,4)5)31-26(35)21-15-29-33(16-21)22-10-7-19(8-11-22)17-37-6/h14-16,18-20,22-23H,7-13,17H2,1-6H3,(H,30,36)(H,31,35). The van der Waals surface area contributed by atoms with Crippen LogP contribution >= 0.6 is 0 Å². The van der Waals surface area contributed by atoms with Gasteiger partial charge in [0.05, 0.1) is 29.0 Å². The number of amides is 2. The molecule has 2 amide bonds. The van der Waals surface area contributed by atoms with Crippen molar-refractivity contribution in [3.05, 3.63) is 29.7 Å². The molecule has 2 fully saturated rings. The molecular formula is C28H44N6O4. The number of carbonyl (C=O) groups is 2. The summed E-state index contributed by atoms with van der Waals surface area (Å²) >= 11 is 0. The molecule has 0 saturated heterocycles. The molecule has 0 spiro atoms. The number of aromatic nitrogens is 4. The van der Waals surface area contributed by atoms with E-state index in [4.69, 9.17) is 14.6 Å². The van der Waals surface area contributed by atoms with Crippen LogP contribution in [0.15, 0.2) is 18.5 Å². The fourth-order valence-electron chi connectivity index (χ4n) is 5.59. The minimum atomic E-state index is -0.373. The van der Waals surface area contributed by atoms with Gasteiger partial charge in [-0.15, -0.1) is 0 Å². The van der Waals surface area contributed by atoms with Crippen LogP contribution in [0.2, 0.25) is 0 Å². The van der Waals surface area contributed by atoms with Crippen LogP contribution in [0.3, 0.4) is 0 Å². The van der Waals surface area contributed by atoms with Crippen molar-refractivity contribution >= 4 is 17.8 Å². The van der Waals surface area contributed by atoms with Gasteiger partial charge in [0, 0.05) is 37.9 Å². The van der Waals surface area contributed by atoms with Crippen molar-refractivity contribution < 1.29 is 19.1 Å². The van der Waals surface area contributed by atoms with E-state index >= 15 is 0 Å². The number of anilines is 1. The monoisotopic (exact) mass is 528 g/mol. The zero-order valence-electron chi connectivity index (χ0n) is 23.7. The van der Waals surface area contributed by atoms with Gasteiger partial charge in [-0.1, -0.05) is 0 Å². The van der Waals surface area contributed by atoms with Gasteiger partial charge in [0.1, 0.15) is 11.9 Å². The second kappa shape index (κ2) is 11.9. The van der Waals surface area contributed by atoms with Crippen LogP contribution in [0.5, 0.6) is 0 Å². The van der Waals surface area contributed by atoms with Gasteiger partial charge in [-0.3, -0.25) is 9.48 Å². The molecule has 2 atom stereocenters. The molecular weight excluding hydrogens is 484 g/mol. The number of alkyl carbamates (subject to hydrolysis) is 1. The summed E-state index contributed by atoms with van der Waals surface area (Å²) in [7, 11) is 1.76. The topological polar surface area (TPSA) is 112 Å². The summed E-state index contributed by atoms with van der Waals surface area (Å²) in [6.45, 7) is 10.8. The van der Waals surface area contributed by atoms with Gasteiger partial charge in [-0.05, 0) is 85.5 Å². The highest BCUT2D eigenvalue weighted by Crippen LogP contribution is 2.37. The first-order valence-corrected chi connectivity index (χ1v) is 14.0. The molecule has 2 aliphatic carbocycles. The third-order valence-electron chi connectivity index (χ3n) is 7.54. The molecule has 2 N–H and O–H groups in total. The van der Waals surface area contributed by atoms with Gasteiger partial charge in [0.15, 0.2) is 0 Å². The summed E-state index contributed by atoms with van der Waals surface area (Å²) in [5.74, 6) is 1.24. The first kappa shape index (κ1) is 28.1. The highest BCUT2D eigenvalue weighted by molar-refractivity contribution is 6.03. The predicted molar refractivity (Wildman–Crippen MR) is 145 cm³/mol. The van der Waals surface area contributed by atoms with E-state index in [1.807, 2.05) is 35.5 Å². The van der Waals surface area contributed by atoms with E-state index in [2.05, 4.69) is 36.5 Å². The molecule has 2 aromatic heterocycles. The summed E-state index contributed by atoms with van der Waals surface area (Å²) < 4.78 is 14.7. The van der Waals surface area contributed by atoms with Gasteiger partial charge in [0.2, 0.25) is 0 Å². The summed E-state index contributed by atoms with van der Waals surface area (Å²) in [5.41, 5.74) is 1.13. The van der Waals surface area contributed by atoms with Gasteiger partial charge >= 0.3 is 6.09 Å². The zero-order valence-corrected chi connectivity index (χ0v) is 23.7. The molecule has 210 valence electrons. The second-order valence-corrected chi connectivity index (χ2v) is 12.2. The van der Waals surface area contributed by atoms with Crippen molar-refractivity contribution in [2.24, 2.45) is 5.92 Å². The van der Waals surface area contributed by atoms with Crippen LogP contribution in [0.1, 0.15) is 108 Å². The second-order valence-electron chi connectivity index (χ2n) is 12.2. The van der Waals surface area contributed by atoms with Crippen molar-refractivity contribution in [2.45, 2.75) is 109 Å². The van der Waals surface area contributed by atoms with E-state index in [1.165, 1.54) is 0 Å². The number of rotatable bonds is 8. The van der Waals surface area contributed by atoms with Crippen LogP contribution in [-0.2, 0) is 15.0 Å². The zero-order chi connectivity index (χ0) is 27.4. The van der Waals surface area contributed by atoms with Crippen molar-refractivity contribution in [3.8, 4) is 0 Å². The molecule has 0 bridgehead atoms. The Morgan fingerprint density at radius 2 is 1.87 bits per heavy atom. The highest BCUT2D eigenvalue weighted by Gasteiger charge is 2.32. The third kappa shape index (κ3) is 6.95. The molecule has 2 unspecified atom stereocenters. The maximum Gasteiger partial charge on any atom is 0.407 e. The average molecular weight is 529 g/mol. The Bertz CT molecular complexity index is 1090. The molecule has 2 heterocycles. The third-order valence-corrected chi connectivity index (χ3v) is 7.54. The molecule has 0 aliphatic heterocycles. The molecule has 2 saturated carbocycles. The Morgan fingerprint density at radius 3 is 2.53 bits per heavy atom. The number of methoxy groups -OCH3 is 1. The van der Waals surface area contributed by atoms with Crippen LogP contribution < -0.4 is 10.6 Å². The number of carbonyl (C=O) groups excluding carboxylic acids is 2. The maximum absolute atomic E-state index is 13.2.